The fourth-order valence-electron chi connectivity index (χ4n) is 3.97. The van der Waals surface area contributed by atoms with Crippen LogP contribution in [-0.2, 0) is 10.3 Å². The summed E-state index contributed by atoms with van der Waals surface area (Å²) >= 11 is 0. The number of hydrogen-bond donors (Lipinski definition) is 1. The number of carbonyl (C=O) groups is 1. The second-order valence-corrected chi connectivity index (χ2v) is 7.14. The van der Waals surface area contributed by atoms with E-state index < -0.39 is 0 Å². The topological polar surface area (TPSA) is 58.1 Å². The summed E-state index contributed by atoms with van der Waals surface area (Å²) in [6.45, 7) is 1.65. The van der Waals surface area contributed by atoms with Gasteiger partial charge in [0.05, 0.1) is 17.7 Å². The average molecular weight is 336 g/mol. The van der Waals surface area contributed by atoms with Crippen molar-refractivity contribution >= 4 is 11.7 Å². The normalized spacial score (nSPS) is 22.1. The molecule has 1 aromatic heterocycles. The van der Waals surface area contributed by atoms with Gasteiger partial charge in [0.2, 0.25) is 5.91 Å². The third kappa shape index (κ3) is 3.23. The first kappa shape index (κ1) is 16.1. The van der Waals surface area contributed by atoms with E-state index in [9.17, 15) is 4.79 Å². The van der Waals surface area contributed by atoms with Gasteiger partial charge in [0.25, 0.3) is 0 Å². The summed E-state index contributed by atoms with van der Waals surface area (Å²) in [4.78, 5) is 23.7. The fraction of sp³-hybridized carbons (Fsp3) is 0.450. The Labute approximate surface area is 148 Å². The molecule has 1 saturated carbocycles. The molecule has 25 heavy (non-hydrogen) atoms. The van der Waals surface area contributed by atoms with Gasteiger partial charge in [-0.25, -0.2) is 4.98 Å². The standard InChI is InChI=1S/C20H24N4O/c25-19(23-20(9-5-10-20)17-7-2-1-3-8-17)16-6-4-13-24(15-16)18-14-21-11-12-22-18/h1-3,7-8,11-12,14,16H,4-6,9-10,13,15H2,(H,23,25)/t16-/m1/s1. The highest BCUT2D eigenvalue weighted by molar-refractivity contribution is 5.80. The second kappa shape index (κ2) is 6.82. The summed E-state index contributed by atoms with van der Waals surface area (Å²) < 4.78 is 0. The van der Waals surface area contributed by atoms with Crippen LogP contribution in [0, 0.1) is 5.92 Å². The lowest BCUT2D eigenvalue weighted by Gasteiger charge is -2.44. The molecule has 0 spiro atoms. The highest BCUT2D eigenvalue weighted by Gasteiger charge is 2.41. The van der Waals surface area contributed by atoms with Crippen molar-refractivity contribution in [1.29, 1.82) is 0 Å². The smallest absolute Gasteiger partial charge is 0.225 e. The van der Waals surface area contributed by atoms with E-state index in [1.807, 2.05) is 6.07 Å². The molecule has 1 aromatic carbocycles. The zero-order valence-electron chi connectivity index (χ0n) is 14.4. The van der Waals surface area contributed by atoms with Gasteiger partial charge in [0.15, 0.2) is 0 Å². The zero-order chi connectivity index (χ0) is 17.1. The number of amides is 1. The zero-order valence-corrected chi connectivity index (χ0v) is 14.4. The average Bonchev–Trinajstić information content (AvgIpc) is 2.66. The van der Waals surface area contributed by atoms with Crippen molar-refractivity contribution in [1.82, 2.24) is 15.3 Å². The van der Waals surface area contributed by atoms with Crippen LogP contribution < -0.4 is 10.2 Å². The fourth-order valence-corrected chi connectivity index (χ4v) is 3.97. The summed E-state index contributed by atoms with van der Waals surface area (Å²) in [5.41, 5.74) is 1.07. The van der Waals surface area contributed by atoms with Gasteiger partial charge in [0.1, 0.15) is 5.82 Å². The molecule has 5 nitrogen and oxygen atoms in total. The molecule has 1 saturated heterocycles. The lowest BCUT2D eigenvalue weighted by molar-refractivity contribution is -0.128. The molecule has 2 aliphatic rings. The molecule has 2 aromatic rings. The highest BCUT2D eigenvalue weighted by atomic mass is 16.2. The van der Waals surface area contributed by atoms with E-state index >= 15 is 0 Å². The maximum Gasteiger partial charge on any atom is 0.225 e. The van der Waals surface area contributed by atoms with E-state index in [0.717, 1.165) is 44.6 Å². The van der Waals surface area contributed by atoms with Crippen molar-refractivity contribution in [2.75, 3.05) is 18.0 Å². The Hall–Kier alpha value is -2.43. The molecule has 1 aliphatic heterocycles. The minimum Gasteiger partial charge on any atom is -0.355 e. The predicted octanol–water partition coefficient (Wildman–Crippen LogP) is 2.89. The van der Waals surface area contributed by atoms with Gasteiger partial charge < -0.3 is 10.2 Å². The van der Waals surface area contributed by atoms with E-state index in [1.54, 1.807) is 18.6 Å². The molecule has 1 atom stereocenters. The summed E-state index contributed by atoms with van der Waals surface area (Å²) in [5.74, 6) is 1.05. The predicted molar refractivity (Wildman–Crippen MR) is 97.1 cm³/mol. The third-order valence-electron chi connectivity index (χ3n) is 5.56. The molecule has 0 bridgehead atoms. The Morgan fingerprint density at radius 1 is 1.16 bits per heavy atom. The first-order valence-electron chi connectivity index (χ1n) is 9.15. The molecular formula is C20H24N4O. The quantitative estimate of drug-likeness (QED) is 0.933. The summed E-state index contributed by atoms with van der Waals surface area (Å²) in [7, 11) is 0. The highest BCUT2D eigenvalue weighted by Crippen LogP contribution is 2.41. The molecule has 2 fully saturated rings. The van der Waals surface area contributed by atoms with Crippen LogP contribution in [-0.4, -0.2) is 29.0 Å². The number of piperidine rings is 1. The van der Waals surface area contributed by atoms with Gasteiger partial charge in [-0.15, -0.1) is 0 Å². The Bertz CT molecular complexity index is 715. The van der Waals surface area contributed by atoms with E-state index in [2.05, 4.69) is 44.5 Å². The van der Waals surface area contributed by atoms with Crippen LogP contribution in [0.25, 0.3) is 0 Å². The maximum absolute atomic E-state index is 13.0. The molecule has 1 amide bonds. The first-order valence-corrected chi connectivity index (χ1v) is 9.15. The number of nitrogens with zero attached hydrogens (tertiary/aromatic N) is 3. The Kier molecular flexibility index (Phi) is 4.38. The van der Waals surface area contributed by atoms with Crippen LogP contribution in [0.4, 0.5) is 5.82 Å². The van der Waals surface area contributed by atoms with Gasteiger partial charge in [0, 0.05) is 25.5 Å². The van der Waals surface area contributed by atoms with Crippen LogP contribution >= 0.6 is 0 Å². The van der Waals surface area contributed by atoms with Crippen LogP contribution in [0.1, 0.15) is 37.7 Å². The number of benzene rings is 1. The third-order valence-corrected chi connectivity index (χ3v) is 5.56. The molecule has 130 valence electrons. The molecule has 4 rings (SSSR count). The van der Waals surface area contributed by atoms with E-state index in [0.29, 0.717) is 0 Å². The molecule has 0 radical (unpaired) electrons. The molecule has 1 aliphatic carbocycles. The molecule has 5 heteroatoms. The first-order chi connectivity index (χ1) is 12.3. The van der Waals surface area contributed by atoms with Crippen LogP contribution in [0.15, 0.2) is 48.9 Å². The molecule has 1 N–H and O–H groups in total. The SMILES string of the molecule is O=C(NC1(c2ccccc2)CCC1)[C@@H]1CCCN(c2cnccn2)C1. The van der Waals surface area contributed by atoms with Crippen molar-refractivity contribution < 1.29 is 4.79 Å². The minimum absolute atomic E-state index is 0.0111. The van der Waals surface area contributed by atoms with Crippen LogP contribution in [0.5, 0.6) is 0 Å². The van der Waals surface area contributed by atoms with E-state index in [1.165, 1.54) is 12.0 Å². The molecule has 0 unspecified atom stereocenters. The number of anilines is 1. The Morgan fingerprint density at radius 2 is 2.00 bits per heavy atom. The summed E-state index contributed by atoms with van der Waals surface area (Å²) in [6.07, 6.45) is 10.3. The Morgan fingerprint density at radius 3 is 2.68 bits per heavy atom. The van der Waals surface area contributed by atoms with Crippen molar-refractivity contribution in [3.8, 4) is 0 Å². The monoisotopic (exact) mass is 336 g/mol. The van der Waals surface area contributed by atoms with Gasteiger partial charge >= 0.3 is 0 Å². The van der Waals surface area contributed by atoms with Gasteiger partial charge in [-0.1, -0.05) is 30.3 Å². The van der Waals surface area contributed by atoms with Crippen molar-refractivity contribution in [2.24, 2.45) is 5.92 Å². The number of aromatic nitrogens is 2. The van der Waals surface area contributed by atoms with Crippen LogP contribution in [0.3, 0.4) is 0 Å². The number of hydrogen-bond acceptors (Lipinski definition) is 4. The lowest BCUT2D eigenvalue weighted by Crippen LogP contribution is -2.54. The van der Waals surface area contributed by atoms with Gasteiger partial charge in [-0.05, 0) is 37.7 Å². The number of carbonyl (C=O) groups excluding carboxylic acids is 1. The van der Waals surface area contributed by atoms with Crippen molar-refractivity contribution in [2.45, 2.75) is 37.6 Å². The summed E-state index contributed by atoms with van der Waals surface area (Å²) in [5, 5.41) is 3.39. The lowest BCUT2D eigenvalue weighted by atomic mass is 9.71. The maximum atomic E-state index is 13.0. The Balaban J connectivity index is 1.45. The van der Waals surface area contributed by atoms with E-state index in [4.69, 9.17) is 0 Å². The van der Waals surface area contributed by atoms with E-state index in [-0.39, 0.29) is 17.4 Å². The number of rotatable bonds is 4. The largest absolute Gasteiger partial charge is 0.355 e. The minimum atomic E-state index is -0.160. The summed E-state index contributed by atoms with van der Waals surface area (Å²) in [6, 6.07) is 10.4. The van der Waals surface area contributed by atoms with Gasteiger partial charge in [-0.2, -0.15) is 0 Å². The van der Waals surface area contributed by atoms with Crippen molar-refractivity contribution in [3.05, 3.63) is 54.5 Å². The molecule has 2 heterocycles. The number of nitrogens with one attached hydrogen (secondary N) is 1. The second-order valence-electron chi connectivity index (χ2n) is 7.14. The van der Waals surface area contributed by atoms with Crippen molar-refractivity contribution in [3.63, 3.8) is 0 Å². The van der Waals surface area contributed by atoms with Gasteiger partial charge in [-0.3, -0.25) is 9.78 Å². The van der Waals surface area contributed by atoms with Crippen LogP contribution in [0.2, 0.25) is 0 Å². The molecular weight excluding hydrogens is 312 g/mol.